The summed E-state index contributed by atoms with van der Waals surface area (Å²) in [6, 6.07) is 15.1. The minimum atomic E-state index is -0.388. The molecule has 4 rings (SSSR count). The van der Waals surface area contributed by atoms with Gasteiger partial charge in [-0.2, -0.15) is 5.10 Å². The van der Waals surface area contributed by atoms with Crippen LogP contribution in [0.25, 0.3) is 5.69 Å². The van der Waals surface area contributed by atoms with E-state index in [9.17, 15) is 14.0 Å². The molecular weight excluding hydrogens is 425 g/mol. The van der Waals surface area contributed by atoms with Crippen LogP contribution in [0.3, 0.4) is 0 Å². The Kier molecular flexibility index (Phi) is 6.99. The highest BCUT2D eigenvalue weighted by Gasteiger charge is 2.20. The molecule has 8 nitrogen and oxygen atoms in total. The van der Waals surface area contributed by atoms with E-state index in [1.165, 1.54) is 21.7 Å². The summed E-state index contributed by atoms with van der Waals surface area (Å²) in [5.74, 6) is -1.06. The Labute approximate surface area is 191 Å². The van der Waals surface area contributed by atoms with Crippen molar-refractivity contribution >= 4 is 23.2 Å². The van der Waals surface area contributed by atoms with Gasteiger partial charge in [0.2, 0.25) is 5.91 Å². The first-order valence-electron chi connectivity index (χ1n) is 10.9. The molecule has 1 N–H and O–H groups in total. The second-order valence-corrected chi connectivity index (χ2v) is 7.64. The van der Waals surface area contributed by atoms with Gasteiger partial charge < -0.3 is 19.9 Å². The molecule has 172 valence electrons. The predicted molar refractivity (Wildman–Crippen MR) is 123 cm³/mol. The van der Waals surface area contributed by atoms with Gasteiger partial charge in [0.1, 0.15) is 12.4 Å². The molecule has 1 aliphatic rings. The van der Waals surface area contributed by atoms with Gasteiger partial charge >= 0.3 is 0 Å². The number of benzene rings is 2. The first kappa shape index (κ1) is 22.5. The molecule has 1 aliphatic heterocycles. The molecule has 0 radical (unpaired) electrons. The summed E-state index contributed by atoms with van der Waals surface area (Å²) in [4.78, 5) is 29.1. The van der Waals surface area contributed by atoms with E-state index in [0.29, 0.717) is 31.1 Å². The van der Waals surface area contributed by atoms with E-state index >= 15 is 0 Å². The van der Waals surface area contributed by atoms with Crippen molar-refractivity contribution in [2.24, 2.45) is 0 Å². The summed E-state index contributed by atoms with van der Waals surface area (Å²) in [7, 11) is 0. The molecule has 1 aromatic heterocycles. The maximum absolute atomic E-state index is 13.5. The number of amides is 2. The Morgan fingerprint density at radius 3 is 2.55 bits per heavy atom. The number of halogens is 1. The van der Waals surface area contributed by atoms with Crippen molar-refractivity contribution < 1.29 is 18.7 Å². The zero-order valence-corrected chi connectivity index (χ0v) is 18.4. The average Bonchev–Trinajstić information content (AvgIpc) is 3.34. The smallest absolute Gasteiger partial charge is 0.274 e. The van der Waals surface area contributed by atoms with Crippen LogP contribution in [0.5, 0.6) is 0 Å². The molecule has 0 bridgehead atoms. The van der Waals surface area contributed by atoms with Crippen molar-refractivity contribution in [2.45, 2.75) is 6.92 Å². The third-order valence-electron chi connectivity index (χ3n) is 5.41. The molecular formula is C24H26FN5O3. The number of ether oxygens (including phenoxy) is 1. The third-order valence-corrected chi connectivity index (χ3v) is 5.41. The van der Waals surface area contributed by atoms with Crippen molar-refractivity contribution in [3.05, 3.63) is 72.3 Å². The predicted octanol–water partition coefficient (Wildman–Crippen LogP) is 2.95. The fourth-order valence-electron chi connectivity index (χ4n) is 3.64. The third kappa shape index (κ3) is 5.56. The van der Waals surface area contributed by atoms with E-state index in [-0.39, 0.29) is 29.9 Å². The number of carbonyl (C=O) groups is 2. The summed E-state index contributed by atoms with van der Waals surface area (Å²) in [5, 5.41) is 7.09. The molecule has 2 amide bonds. The molecule has 0 spiro atoms. The minimum absolute atomic E-state index is 0.104. The topological polar surface area (TPSA) is 79.7 Å². The summed E-state index contributed by atoms with van der Waals surface area (Å²) < 4.78 is 20.3. The number of nitrogens with zero attached hydrogens (tertiary/aromatic N) is 4. The Morgan fingerprint density at radius 1 is 1.09 bits per heavy atom. The fraction of sp³-hybridized carbons (Fsp3) is 0.292. The van der Waals surface area contributed by atoms with Gasteiger partial charge in [0, 0.05) is 37.2 Å². The van der Waals surface area contributed by atoms with Gasteiger partial charge in [0.05, 0.1) is 18.9 Å². The molecule has 0 unspecified atom stereocenters. The number of anilines is 2. The van der Waals surface area contributed by atoms with Crippen LogP contribution in [-0.4, -0.2) is 65.9 Å². The fourth-order valence-corrected chi connectivity index (χ4v) is 3.64. The number of hydrogen-bond acceptors (Lipinski definition) is 5. The van der Waals surface area contributed by atoms with Crippen LogP contribution in [0.15, 0.2) is 60.8 Å². The molecule has 2 heterocycles. The second-order valence-electron chi connectivity index (χ2n) is 7.64. The van der Waals surface area contributed by atoms with E-state index in [4.69, 9.17) is 4.74 Å². The Hall–Kier alpha value is -3.72. The van der Waals surface area contributed by atoms with Crippen molar-refractivity contribution in [1.82, 2.24) is 14.7 Å². The van der Waals surface area contributed by atoms with Crippen molar-refractivity contribution in [1.29, 1.82) is 0 Å². The molecule has 2 aromatic carbocycles. The lowest BCUT2D eigenvalue weighted by molar-refractivity contribution is -0.116. The number of likely N-dealkylation sites (N-methyl/N-ethyl adjacent to an activating group) is 1. The SMILES string of the molecule is CCN(CC(=O)Nc1ccc(N2CCOCC2)cc1)C(=O)c1ccn(-c2cccc(F)c2)n1. The van der Waals surface area contributed by atoms with E-state index in [2.05, 4.69) is 15.3 Å². The lowest BCUT2D eigenvalue weighted by Crippen LogP contribution is -2.38. The van der Waals surface area contributed by atoms with Crippen LogP contribution in [-0.2, 0) is 9.53 Å². The molecule has 0 aliphatic carbocycles. The standard InChI is InChI=1S/C24H26FN5O3/c1-2-28(24(32)22-10-11-30(27-22)21-5-3-4-18(25)16-21)17-23(31)26-19-6-8-20(9-7-19)29-12-14-33-15-13-29/h3-11,16H,2,12-15,17H2,1H3,(H,26,31). The van der Waals surface area contributed by atoms with Gasteiger partial charge in [-0.3, -0.25) is 9.59 Å². The second kappa shape index (κ2) is 10.3. The van der Waals surface area contributed by atoms with Crippen LogP contribution in [0, 0.1) is 5.82 Å². The first-order valence-corrected chi connectivity index (χ1v) is 10.9. The lowest BCUT2D eigenvalue weighted by atomic mass is 10.2. The molecule has 3 aromatic rings. The van der Waals surface area contributed by atoms with Crippen LogP contribution in [0.2, 0.25) is 0 Å². The Balaban J connectivity index is 1.36. The zero-order valence-electron chi connectivity index (χ0n) is 18.4. The molecule has 9 heteroatoms. The van der Waals surface area contributed by atoms with Gasteiger partial charge in [-0.15, -0.1) is 0 Å². The Bertz CT molecular complexity index is 1110. The van der Waals surface area contributed by atoms with Gasteiger partial charge in [0.15, 0.2) is 5.69 Å². The summed E-state index contributed by atoms with van der Waals surface area (Å²) in [6.07, 6.45) is 1.59. The minimum Gasteiger partial charge on any atom is -0.378 e. The summed E-state index contributed by atoms with van der Waals surface area (Å²) in [5.41, 5.74) is 2.44. The van der Waals surface area contributed by atoms with E-state index in [0.717, 1.165) is 18.8 Å². The van der Waals surface area contributed by atoms with E-state index < -0.39 is 0 Å². The zero-order chi connectivity index (χ0) is 23.2. The number of carbonyl (C=O) groups excluding carboxylic acids is 2. The van der Waals surface area contributed by atoms with Crippen molar-refractivity contribution in [2.75, 3.05) is 49.6 Å². The van der Waals surface area contributed by atoms with Crippen LogP contribution >= 0.6 is 0 Å². The van der Waals surface area contributed by atoms with E-state index in [1.807, 2.05) is 24.3 Å². The van der Waals surface area contributed by atoms with Crippen LogP contribution < -0.4 is 10.2 Å². The summed E-state index contributed by atoms with van der Waals surface area (Å²) >= 11 is 0. The van der Waals surface area contributed by atoms with Crippen molar-refractivity contribution in [3.63, 3.8) is 0 Å². The van der Waals surface area contributed by atoms with Gasteiger partial charge in [-0.1, -0.05) is 6.07 Å². The molecule has 1 saturated heterocycles. The monoisotopic (exact) mass is 451 g/mol. The van der Waals surface area contributed by atoms with Crippen LogP contribution in [0.1, 0.15) is 17.4 Å². The first-order chi connectivity index (χ1) is 16.0. The quantitative estimate of drug-likeness (QED) is 0.598. The number of morpholine rings is 1. The molecule has 0 saturated carbocycles. The number of hydrogen-bond donors (Lipinski definition) is 1. The summed E-state index contributed by atoms with van der Waals surface area (Å²) in [6.45, 7) is 5.14. The molecule has 33 heavy (non-hydrogen) atoms. The number of rotatable bonds is 7. The largest absolute Gasteiger partial charge is 0.378 e. The van der Waals surface area contributed by atoms with Crippen molar-refractivity contribution in [3.8, 4) is 5.69 Å². The lowest BCUT2D eigenvalue weighted by Gasteiger charge is -2.29. The highest BCUT2D eigenvalue weighted by atomic mass is 19.1. The van der Waals surface area contributed by atoms with E-state index in [1.54, 1.807) is 31.3 Å². The number of aromatic nitrogens is 2. The highest BCUT2D eigenvalue weighted by molar-refractivity contribution is 5.98. The maximum Gasteiger partial charge on any atom is 0.274 e. The normalized spacial score (nSPS) is 13.6. The average molecular weight is 452 g/mol. The highest BCUT2D eigenvalue weighted by Crippen LogP contribution is 2.19. The molecule has 1 fully saturated rings. The van der Waals surface area contributed by atoms with Gasteiger partial charge in [0.25, 0.3) is 5.91 Å². The van der Waals surface area contributed by atoms with Crippen LogP contribution in [0.4, 0.5) is 15.8 Å². The molecule has 0 atom stereocenters. The number of nitrogens with one attached hydrogen (secondary N) is 1. The Morgan fingerprint density at radius 2 is 1.85 bits per heavy atom. The van der Waals surface area contributed by atoms with Gasteiger partial charge in [-0.05, 0) is 55.5 Å². The maximum atomic E-state index is 13.5. The van der Waals surface area contributed by atoms with Gasteiger partial charge in [-0.25, -0.2) is 9.07 Å².